The van der Waals surface area contributed by atoms with Crippen molar-refractivity contribution in [3.8, 4) is 0 Å². The maximum atomic E-state index is 2.51. The largest absolute Gasteiger partial charge is 0.0820 e. The number of unbranched alkanes of at least 4 members (excludes halogenated alkanes) is 3. The molecule has 0 saturated heterocycles. The van der Waals surface area contributed by atoms with Crippen LogP contribution in [0.25, 0.3) is 0 Å². The molecule has 1 aromatic rings. The number of hydrogen-bond donors (Lipinski definition) is 0. The van der Waals surface area contributed by atoms with Crippen LogP contribution in [0.4, 0.5) is 0 Å². The Labute approximate surface area is 115 Å². The van der Waals surface area contributed by atoms with Gasteiger partial charge in [-0.2, -0.15) is 0 Å². The second-order valence-corrected chi connectivity index (χ2v) is 11.1. The van der Waals surface area contributed by atoms with Crippen LogP contribution in [0, 0.1) is 3.57 Å². The number of hydrogen-bond acceptors (Lipinski definition) is 0. The lowest BCUT2D eigenvalue weighted by Crippen LogP contribution is -2.42. The van der Waals surface area contributed by atoms with Crippen molar-refractivity contribution in [3.05, 3.63) is 27.8 Å². The van der Waals surface area contributed by atoms with Crippen molar-refractivity contribution in [1.82, 2.24) is 0 Å². The van der Waals surface area contributed by atoms with Gasteiger partial charge < -0.3 is 0 Å². The fourth-order valence-electron chi connectivity index (χ4n) is 2.14. The summed E-state index contributed by atoms with van der Waals surface area (Å²) in [6.45, 7) is 7.30. The quantitative estimate of drug-likeness (QED) is 0.395. The van der Waals surface area contributed by atoms with E-state index in [0.717, 1.165) is 0 Å². The number of rotatable bonds is 6. The molecule has 0 atom stereocenters. The summed E-state index contributed by atoms with van der Waals surface area (Å²) in [7, 11) is -1.18. The third kappa shape index (κ3) is 4.21. The van der Waals surface area contributed by atoms with Gasteiger partial charge in [0.1, 0.15) is 0 Å². The molecule has 1 rings (SSSR count). The van der Waals surface area contributed by atoms with Crippen LogP contribution in [0.3, 0.4) is 0 Å². The molecule has 0 nitrogen and oxygen atoms in total. The standard InChI is InChI=1S/C14H23ISi/c1-4-5-6-9-12-16(2,3)14-11-8-7-10-13(14)15/h7-8,10-11H,4-6,9,12H2,1-3H3. The van der Waals surface area contributed by atoms with Crippen LogP contribution in [0.1, 0.15) is 32.6 Å². The second kappa shape index (κ2) is 6.79. The Morgan fingerprint density at radius 1 is 1.06 bits per heavy atom. The van der Waals surface area contributed by atoms with Gasteiger partial charge in [0.05, 0.1) is 8.07 Å². The summed E-state index contributed by atoms with van der Waals surface area (Å²) in [6, 6.07) is 10.4. The van der Waals surface area contributed by atoms with E-state index in [0.29, 0.717) is 0 Å². The maximum Gasteiger partial charge on any atom is 0.0820 e. The summed E-state index contributed by atoms with van der Waals surface area (Å²) < 4.78 is 1.47. The highest BCUT2D eigenvalue weighted by Gasteiger charge is 2.24. The van der Waals surface area contributed by atoms with E-state index in [1.165, 1.54) is 35.3 Å². The first-order valence-corrected chi connectivity index (χ1v) is 10.6. The van der Waals surface area contributed by atoms with E-state index < -0.39 is 8.07 Å². The van der Waals surface area contributed by atoms with Gasteiger partial charge in [-0.15, -0.1) is 0 Å². The SMILES string of the molecule is CCCCCC[Si](C)(C)c1ccccc1I. The summed E-state index contributed by atoms with van der Waals surface area (Å²) in [5.74, 6) is 0. The lowest BCUT2D eigenvalue weighted by molar-refractivity contribution is 0.697. The molecular weight excluding hydrogens is 323 g/mol. The minimum absolute atomic E-state index is 1.18. The molecule has 0 heterocycles. The smallest absolute Gasteiger partial charge is 0.0654 e. The molecule has 0 radical (unpaired) electrons. The second-order valence-electron chi connectivity index (χ2n) is 5.17. The van der Waals surface area contributed by atoms with Gasteiger partial charge in [0, 0.05) is 3.57 Å². The lowest BCUT2D eigenvalue weighted by atomic mass is 10.2. The Hall–Kier alpha value is 0.167. The van der Waals surface area contributed by atoms with Crippen molar-refractivity contribution in [3.63, 3.8) is 0 Å². The van der Waals surface area contributed by atoms with Gasteiger partial charge in [-0.05, 0) is 33.8 Å². The van der Waals surface area contributed by atoms with Crippen molar-refractivity contribution >= 4 is 35.9 Å². The van der Waals surface area contributed by atoms with Gasteiger partial charge in [0.15, 0.2) is 0 Å². The fraction of sp³-hybridized carbons (Fsp3) is 0.571. The Morgan fingerprint density at radius 3 is 2.38 bits per heavy atom. The minimum atomic E-state index is -1.18. The lowest BCUT2D eigenvalue weighted by Gasteiger charge is -2.24. The molecule has 90 valence electrons. The highest BCUT2D eigenvalue weighted by molar-refractivity contribution is 14.1. The van der Waals surface area contributed by atoms with Crippen LogP contribution >= 0.6 is 22.6 Å². The van der Waals surface area contributed by atoms with Crippen molar-refractivity contribution in [2.75, 3.05) is 0 Å². The molecular formula is C14H23ISi. The maximum absolute atomic E-state index is 2.51. The van der Waals surface area contributed by atoms with Gasteiger partial charge in [-0.3, -0.25) is 0 Å². The first kappa shape index (κ1) is 14.2. The van der Waals surface area contributed by atoms with Crippen LogP contribution < -0.4 is 5.19 Å². The molecule has 16 heavy (non-hydrogen) atoms. The zero-order valence-corrected chi connectivity index (χ0v) is 13.9. The van der Waals surface area contributed by atoms with Gasteiger partial charge in [-0.1, -0.05) is 69.9 Å². The summed E-state index contributed by atoms with van der Waals surface area (Å²) >= 11 is 2.49. The topological polar surface area (TPSA) is 0 Å². The number of benzene rings is 1. The Bertz CT molecular complexity index is 320. The summed E-state index contributed by atoms with van der Waals surface area (Å²) in [5, 5.41) is 1.65. The average molecular weight is 346 g/mol. The van der Waals surface area contributed by atoms with E-state index in [1.54, 1.807) is 5.19 Å². The zero-order chi connectivity index (χ0) is 12.0. The Balaban J connectivity index is 2.59. The minimum Gasteiger partial charge on any atom is -0.0654 e. The molecule has 2 heteroatoms. The molecule has 0 aliphatic heterocycles. The Morgan fingerprint density at radius 2 is 1.75 bits per heavy atom. The van der Waals surface area contributed by atoms with Crippen molar-refractivity contribution in [2.24, 2.45) is 0 Å². The first-order valence-electron chi connectivity index (χ1n) is 6.33. The van der Waals surface area contributed by atoms with E-state index in [-0.39, 0.29) is 0 Å². The summed E-state index contributed by atoms with van der Waals surface area (Å²) in [6.07, 6.45) is 5.57. The Kier molecular flexibility index (Phi) is 6.04. The van der Waals surface area contributed by atoms with Crippen LogP contribution in [-0.4, -0.2) is 8.07 Å². The molecule has 0 spiro atoms. The molecule has 0 aliphatic carbocycles. The summed E-state index contributed by atoms with van der Waals surface area (Å²) in [4.78, 5) is 0. The van der Waals surface area contributed by atoms with Gasteiger partial charge >= 0.3 is 0 Å². The molecule has 1 aromatic carbocycles. The van der Waals surface area contributed by atoms with Crippen LogP contribution in [0.2, 0.25) is 19.1 Å². The molecule has 0 unspecified atom stereocenters. The molecule has 0 N–H and O–H groups in total. The third-order valence-corrected chi connectivity index (χ3v) is 8.21. The third-order valence-electron chi connectivity index (χ3n) is 3.26. The van der Waals surface area contributed by atoms with E-state index in [4.69, 9.17) is 0 Å². The van der Waals surface area contributed by atoms with E-state index in [2.05, 4.69) is 66.9 Å². The predicted molar refractivity (Wildman–Crippen MR) is 85.2 cm³/mol. The zero-order valence-electron chi connectivity index (χ0n) is 10.7. The van der Waals surface area contributed by atoms with Crippen LogP contribution in [0.5, 0.6) is 0 Å². The monoisotopic (exact) mass is 346 g/mol. The van der Waals surface area contributed by atoms with Crippen molar-refractivity contribution in [2.45, 2.75) is 51.7 Å². The normalized spacial score (nSPS) is 11.8. The van der Waals surface area contributed by atoms with Crippen molar-refractivity contribution < 1.29 is 0 Å². The molecule has 0 bridgehead atoms. The van der Waals surface area contributed by atoms with Gasteiger partial charge in [-0.25, -0.2) is 0 Å². The van der Waals surface area contributed by atoms with Crippen molar-refractivity contribution in [1.29, 1.82) is 0 Å². The summed E-state index contributed by atoms with van der Waals surface area (Å²) in [5.41, 5.74) is 0. The first-order chi connectivity index (χ1) is 7.58. The van der Waals surface area contributed by atoms with E-state index in [9.17, 15) is 0 Å². The molecule has 0 saturated carbocycles. The van der Waals surface area contributed by atoms with Crippen LogP contribution in [-0.2, 0) is 0 Å². The van der Waals surface area contributed by atoms with Crippen LogP contribution in [0.15, 0.2) is 24.3 Å². The average Bonchev–Trinajstić information content (AvgIpc) is 2.25. The highest BCUT2D eigenvalue weighted by Crippen LogP contribution is 2.18. The predicted octanol–water partition coefficient (Wildman–Crippen LogP) is 4.79. The van der Waals surface area contributed by atoms with E-state index >= 15 is 0 Å². The highest BCUT2D eigenvalue weighted by atomic mass is 127. The molecule has 0 amide bonds. The fourth-order valence-corrected chi connectivity index (χ4v) is 7.40. The molecule has 0 aromatic heterocycles. The van der Waals surface area contributed by atoms with Gasteiger partial charge in [0.25, 0.3) is 0 Å². The molecule has 0 fully saturated rings. The van der Waals surface area contributed by atoms with E-state index in [1.807, 2.05) is 0 Å². The molecule has 0 aliphatic rings. The number of halogens is 1. The van der Waals surface area contributed by atoms with Gasteiger partial charge in [0.2, 0.25) is 0 Å².